The molecule has 45 heavy (non-hydrogen) atoms. The summed E-state index contributed by atoms with van der Waals surface area (Å²) in [6.45, 7) is 0. The minimum atomic E-state index is -1.73. The third kappa shape index (κ3) is 8.23. The van der Waals surface area contributed by atoms with Crippen LogP contribution in [0.15, 0.2) is 60.9 Å². The highest BCUT2D eigenvalue weighted by Gasteiger charge is 2.32. The highest BCUT2D eigenvalue weighted by molar-refractivity contribution is 5.97. The zero-order chi connectivity index (χ0) is 32.7. The lowest BCUT2D eigenvalue weighted by Gasteiger charge is -2.24. The van der Waals surface area contributed by atoms with Gasteiger partial charge in [-0.2, -0.15) is 0 Å². The van der Waals surface area contributed by atoms with E-state index >= 15 is 0 Å². The number of carbonyl (C=O) groups excluding carboxylic acids is 3. The summed E-state index contributed by atoms with van der Waals surface area (Å²) >= 11 is 0. The summed E-state index contributed by atoms with van der Waals surface area (Å²) in [7, 11) is 0. The van der Waals surface area contributed by atoms with Gasteiger partial charge in [0, 0.05) is 47.0 Å². The van der Waals surface area contributed by atoms with Crippen molar-refractivity contribution in [1.29, 1.82) is 0 Å². The Morgan fingerprint density at radius 2 is 1.07 bits per heavy atom. The number of hydrogen-bond acceptors (Lipinski definition) is 7. The Labute approximate surface area is 255 Å². The largest absolute Gasteiger partial charge is 0.481 e. The Hall–Kier alpha value is -5.70. The van der Waals surface area contributed by atoms with Gasteiger partial charge >= 0.3 is 17.9 Å². The molecule has 2 aromatic heterocycles. The van der Waals surface area contributed by atoms with E-state index in [-0.39, 0.29) is 12.8 Å². The average molecular weight is 621 g/mol. The molecule has 0 aliphatic heterocycles. The minimum Gasteiger partial charge on any atom is -0.481 e. The van der Waals surface area contributed by atoms with E-state index in [0.717, 1.165) is 21.8 Å². The number of aromatic amines is 2. The normalized spacial score (nSPS) is 13.8. The Morgan fingerprint density at radius 1 is 0.622 bits per heavy atom. The number of aliphatic carboxylic acids is 3. The lowest BCUT2D eigenvalue weighted by molar-refractivity contribution is -0.143. The maximum Gasteiger partial charge on any atom is 0.326 e. The predicted octanol–water partition coefficient (Wildman–Crippen LogP) is 0.250. The molecule has 0 aliphatic rings. The first-order chi connectivity index (χ1) is 21.4. The molecule has 3 amide bonds. The van der Waals surface area contributed by atoms with Crippen LogP contribution in [-0.2, 0) is 41.6 Å². The predicted molar refractivity (Wildman–Crippen MR) is 160 cm³/mol. The SMILES string of the molecule is NC(CC(=O)O)C(=O)NC(CC(=O)O)C(=O)NC(Cc1c[nH]c2ccccc12)C(=O)NC(Cc1c[nH]c2ccccc12)C(=O)O. The van der Waals surface area contributed by atoms with E-state index in [1.165, 1.54) is 0 Å². The summed E-state index contributed by atoms with van der Waals surface area (Å²) in [5.74, 6) is -7.20. The van der Waals surface area contributed by atoms with Gasteiger partial charge in [-0.1, -0.05) is 36.4 Å². The molecule has 2 heterocycles. The van der Waals surface area contributed by atoms with E-state index in [1.54, 1.807) is 48.8 Å². The van der Waals surface area contributed by atoms with Crippen LogP contribution in [0.25, 0.3) is 21.8 Å². The smallest absolute Gasteiger partial charge is 0.326 e. The number of amides is 3. The number of nitrogens with one attached hydrogen (secondary N) is 5. The second-order valence-corrected chi connectivity index (χ2v) is 10.5. The summed E-state index contributed by atoms with van der Waals surface area (Å²) in [6, 6.07) is 8.27. The highest BCUT2D eigenvalue weighted by atomic mass is 16.4. The van der Waals surface area contributed by atoms with E-state index in [9.17, 15) is 39.0 Å². The number of fused-ring (bicyclic) bond motifs is 2. The van der Waals surface area contributed by atoms with Gasteiger partial charge < -0.3 is 47.0 Å². The Kier molecular flexibility index (Phi) is 10.2. The van der Waals surface area contributed by atoms with Crippen LogP contribution in [0.3, 0.4) is 0 Å². The van der Waals surface area contributed by atoms with Gasteiger partial charge in [0.25, 0.3) is 0 Å². The first-order valence-electron chi connectivity index (χ1n) is 13.9. The van der Waals surface area contributed by atoms with Crippen LogP contribution in [-0.4, -0.2) is 85.1 Å². The molecule has 0 radical (unpaired) electrons. The fraction of sp³-hybridized carbons (Fsp3) is 0.267. The molecular formula is C30H32N6O9. The van der Waals surface area contributed by atoms with Gasteiger partial charge in [-0.25, -0.2) is 4.79 Å². The Morgan fingerprint density at radius 3 is 1.58 bits per heavy atom. The summed E-state index contributed by atoms with van der Waals surface area (Å²) in [6.07, 6.45) is 1.37. The lowest BCUT2D eigenvalue weighted by atomic mass is 10.0. The molecule has 0 spiro atoms. The molecule has 15 nitrogen and oxygen atoms in total. The fourth-order valence-electron chi connectivity index (χ4n) is 4.94. The number of carbonyl (C=O) groups is 6. The van der Waals surface area contributed by atoms with Crippen molar-refractivity contribution in [2.75, 3.05) is 0 Å². The van der Waals surface area contributed by atoms with Gasteiger partial charge in [-0.15, -0.1) is 0 Å². The highest BCUT2D eigenvalue weighted by Crippen LogP contribution is 2.21. The van der Waals surface area contributed by atoms with Crippen molar-refractivity contribution in [3.8, 4) is 0 Å². The van der Waals surface area contributed by atoms with Crippen molar-refractivity contribution < 1.29 is 44.1 Å². The monoisotopic (exact) mass is 620 g/mol. The molecule has 15 heteroatoms. The van der Waals surface area contributed by atoms with E-state index in [1.807, 2.05) is 12.1 Å². The molecule has 0 saturated carbocycles. The molecule has 4 atom stereocenters. The number of H-pyrrole nitrogens is 2. The fourth-order valence-corrected chi connectivity index (χ4v) is 4.94. The summed E-state index contributed by atoms with van der Waals surface area (Å²) in [4.78, 5) is 80.2. The average Bonchev–Trinajstić information content (AvgIpc) is 3.59. The molecule has 0 bridgehead atoms. The molecule has 0 aliphatic carbocycles. The van der Waals surface area contributed by atoms with Crippen molar-refractivity contribution in [3.05, 3.63) is 72.1 Å². The van der Waals surface area contributed by atoms with Gasteiger partial charge in [0.15, 0.2) is 0 Å². The number of hydrogen-bond donors (Lipinski definition) is 9. The van der Waals surface area contributed by atoms with Crippen molar-refractivity contribution in [2.24, 2.45) is 5.73 Å². The van der Waals surface area contributed by atoms with Gasteiger partial charge in [-0.05, 0) is 23.3 Å². The molecule has 0 saturated heterocycles. The number of aromatic nitrogens is 2. The Bertz CT molecular complexity index is 1750. The second-order valence-electron chi connectivity index (χ2n) is 10.5. The molecular weight excluding hydrogens is 588 g/mol. The second kappa shape index (κ2) is 14.2. The number of para-hydroxylation sites is 2. The summed E-state index contributed by atoms with van der Waals surface area (Å²) in [5.41, 5.74) is 8.32. The van der Waals surface area contributed by atoms with Crippen LogP contribution >= 0.6 is 0 Å². The van der Waals surface area contributed by atoms with Gasteiger partial charge in [0.05, 0.1) is 18.9 Å². The molecule has 236 valence electrons. The maximum atomic E-state index is 13.6. The van der Waals surface area contributed by atoms with Crippen molar-refractivity contribution in [3.63, 3.8) is 0 Å². The van der Waals surface area contributed by atoms with Gasteiger partial charge in [0.1, 0.15) is 18.1 Å². The minimum absolute atomic E-state index is 0.0853. The van der Waals surface area contributed by atoms with Gasteiger partial charge in [-0.3, -0.25) is 24.0 Å². The Balaban J connectivity index is 1.59. The number of nitrogens with two attached hydrogens (primary N) is 1. The summed E-state index contributed by atoms with van der Waals surface area (Å²) < 4.78 is 0. The molecule has 0 fully saturated rings. The van der Waals surface area contributed by atoms with E-state index in [4.69, 9.17) is 10.8 Å². The van der Waals surface area contributed by atoms with Crippen molar-refractivity contribution >= 4 is 57.4 Å². The number of carboxylic acids is 3. The zero-order valence-electron chi connectivity index (χ0n) is 23.8. The van der Waals surface area contributed by atoms with Crippen molar-refractivity contribution in [2.45, 2.75) is 49.9 Å². The lowest BCUT2D eigenvalue weighted by Crippen LogP contribution is -2.58. The van der Waals surface area contributed by atoms with Crippen LogP contribution in [0.4, 0.5) is 0 Å². The molecule has 4 rings (SSSR count). The topological polar surface area (TPSA) is 257 Å². The number of carboxylic acid groups (broad SMARTS) is 3. The van der Waals surface area contributed by atoms with Crippen LogP contribution in [0.2, 0.25) is 0 Å². The van der Waals surface area contributed by atoms with E-state index in [2.05, 4.69) is 25.9 Å². The first kappa shape index (κ1) is 32.2. The van der Waals surface area contributed by atoms with Crippen LogP contribution in [0.5, 0.6) is 0 Å². The van der Waals surface area contributed by atoms with E-state index < -0.39 is 72.6 Å². The standard InChI is InChI=1S/C30H32N6O9/c31-19(11-25(37)38)27(41)34-23(12-26(39)40)29(43)35-22(9-15-13-32-20-7-3-1-5-17(15)20)28(42)36-24(30(44)45)10-16-14-33-21-8-4-2-6-18(16)21/h1-8,13-14,19,22-24,32-33H,9-12,31H2,(H,34,41)(H,35,43)(H,36,42)(H,37,38)(H,39,40)(H,44,45). The van der Waals surface area contributed by atoms with Crippen molar-refractivity contribution in [1.82, 2.24) is 25.9 Å². The quantitative estimate of drug-likeness (QED) is 0.0875. The zero-order valence-corrected chi connectivity index (χ0v) is 23.8. The molecule has 2 aromatic carbocycles. The number of benzene rings is 2. The van der Waals surface area contributed by atoms with Crippen LogP contribution in [0, 0.1) is 0 Å². The first-order valence-corrected chi connectivity index (χ1v) is 13.9. The van der Waals surface area contributed by atoms with Crippen LogP contribution < -0.4 is 21.7 Å². The third-order valence-corrected chi connectivity index (χ3v) is 7.19. The third-order valence-electron chi connectivity index (χ3n) is 7.19. The van der Waals surface area contributed by atoms with Crippen LogP contribution in [0.1, 0.15) is 24.0 Å². The van der Waals surface area contributed by atoms with Gasteiger partial charge in [0.2, 0.25) is 17.7 Å². The number of rotatable bonds is 15. The molecule has 4 aromatic rings. The maximum absolute atomic E-state index is 13.6. The molecule has 10 N–H and O–H groups in total. The summed E-state index contributed by atoms with van der Waals surface area (Å²) in [5, 5.41) is 36.8. The van der Waals surface area contributed by atoms with E-state index in [0.29, 0.717) is 11.1 Å². The molecule has 4 unspecified atom stereocenters.